The molecule has 0 radical (unpaired) electrons. The number of carbonyl (C=O) groups excluding carboxylic acids is 1. The van der Waals surface area contributed by atoms with Crippen LogP contribution in [0.1, 0.15) is 38.6 Å². The van der Waals surface area contributed by atoms with Gasteiger partial charge >= 0.3 is 6.03 Å². The number of hydrogen-bond donors (Lipinski definition) is 3. The summed E-state index contributed by atoms with van der Waals surface area (Å²) in [5.74, 6) is 0.417. The largest absolute Gasteiger partial charge is 0.371 e. The first-order chi connectivity index (χ1) is 14.5. The molecule has 0 spiro atoms. The Morgan fingerprint density at radius 1 is 1.27 bits per heavy atom. The molecule has 3 N–H and O–H groups in total. The Balaban J connectivity index is 1.46. The van der Waals surface area contributed by atoms with Gasteiger partial charge in [-0.05, 0) is 37.0 Å². The first kappa shape index (κ1) is 19.8. The first-order valence-electron chi connectivity index (χ1n) is 9.82. The molecule has 0 aliphatic carbocycles. The lowest BCUT2D eigenvalue weighted by atomic mass is 10.0. The molecule has 1 aliphatic rings. The van der Waals surface area contributed by atoms with Crippen LogP contribution in [-0.4, -0.2) is 44.4 Å². The Kier molecular flexibility index (Phi) is 5.59. The van der Waals surface area contributed by atoms with Crippen molar-refractivity contribution in [1.29, 1.82) is 0 Å². The minimum Gasteiger partial charge on any atom is -0.371 e. The molecular formula is C19H23FN8O2. The lowest BCUT2D eigenvalue weighted by Crippen LogP contribution is -2.35. The summed E-state index contributed by atoms with van der Waals surface area (Å²) in [5, 5.41) is 15.8. The molecule has 0 bridgehead atoms. The number of nitrogens with zero attached hydrogens (tertiary/aromatic N) is 5. The number of benzene rings is 1. The maximum Gasteiger partial charge on any atom is 0.319 e. The molecule has 1 fully saturated rings. The number of nitrogens with one attached hydrogen (secondary N) is 3. The van der Waals surface area contributed by atoms with Crippen LogP contribution in [0.4, 0.5) is 20.6 Å². The number of halogens is 1. The maximum absolute atomic E-state index is 14.1. The number of aromatic amines is 1. The fraction of sp³-hybridized carbons (Fsp3) is 0.421. The highest BCUT2D eigenvalue weighted by atomic mass is 19.1. The van der Waals surface area contributed by atoms with Crippen LogP contribution in [0.15, 0.2) is 29.0 Å². The summed E-state index contributed by atoms with van der Waals surface area (Å²) in [4.78, 5) is 23.0. The zero-order chi connectivity index (χ0) is 21.1. The molecule has 4 rings (SSSR count). The molecule has 11 heteroatoms. The second kappa shape index (κ2) is 8.47. The number of rotatable bonds is 6. The smallest absolute Gasteiger partial charge is 0.319 e. The van der Waals surface area contributed by atoms with Crippen LogP contribution >= 0.6 is 0 Å². The van der Waals surface area contributed by atoms with Crippen LogP contribution in [-0.2, 0) is 0 Å². The summed E-state index contributed by atoms with van der Waals surface area (Å²) in [7, 11) is 0. The Morgan fingerprint density at radius 2 is 2.07 bits per heavy atom. The number of urea groups is 1. The van der Waals surface area contributed by atoms with Crippen LogP contribution in [0, 0.1) is 11.7 Å². The van der Waals surface area contributed by atoms with Crippen molar-refractivity contribution in [3.63, 3.8) is 0 Å². The summed E-state index contributed by atoms with van der Waals surface area (Å²) in [6.45, 7) is 5.60. The van der Waals surface area contributed by atoms with Gasteiger partial charge in [-0.15, -0.1) is 0 Å². The summed E-state index contributed by atoms with van der Waals surface area (Å²) in [6.07, 6.45) is 3.50. The van der Waals surface area contributed by atoms with Gasteiger partial charge in [-0.25, -0.2) is 14.2 Å². The second-order valence-electron chi connectivity index (χ2n) is 7.50. The van der Waals surface area contributed by atoms with Crippen molar-refractivity contribution >= 4 is 17.4 Å². The van der Waals surface area contributed by atoms with E-state index in [-0.39, 0.29) is 17.6 Å². The number of amides is 2. The van der Waals surface area contributed by atoms with E-state index >= 15 is 0 Å². The molecule has 1 saturated heterocycles. The summed E-state index contributed by atoms with van der Waals surface area (Å²) >= 11 is 0. The summed E-state index contributed by atoms with van der Waals surface area (Å²) in [5.41, 5.74) is 1.14. The van der Waals surface area contributed by atoms with Gasteiger partial charge in [0, 0.05) is 24.5 Å². The molecule has 0 saturated carbocycles. The molecule has 3 heterocycles. The normalized spacial score (nSPS) is 14.9. The predicted molar refractivity (Wildman–Crippen MR) is 107 cm³/mol. The fourth-order valence-electron chi connectivity index (χ4n) is 3.40. The number of aromatic nitrogens is 5. The quantitative estimate of drug-likeness (QED) is 0.566. The third kappa shape index (κ3) is 4.39. The van der Waals surface area contributed by atoms with Crippen molar-refractivity contribution in [3.8, 4) is 11.6 Å². The van der Waals surface area contributed by atoms with E-state index in [0.717, 1.165) is 31.6 Å². The van der Waals surface area contributed by atoms with Gasteiger partial charge < -0.3 is 20.1 Å². The topological polar surface area (TPSA) is 125 Å². The van der Waals surface area contributed by atoms with E-state index in [0.29, 0.717) is 11.5 Å². The van der Waals surface area contributed by atoms with Gasteiger partial charge in [0.05, 0.1) is 0 Å². The van der Waals surface area contributed by atoms with Crippen LogP contribution in [0.25, 0.3) is 11.6 Å². The Labute approximate surface area is 172 Å². The van der Waals surface area contributed by atoms with Crippen LogP contribution < -0.4 is 15.5 Å². The molecular weight excluding hydrogens is 391 g/mol. The number of H-pyrrole nitrogens is 1. The third-order valence-electron chi connectivity index (χ3n) is 4.90. The van der Waals surface area contributed by atoms with E-state index in [1.54, 1.807) is 6.07 Å². The van der Waals surface area contributed by atoms with Gasteiger partial charge in [0.15, 0.2) is 5.82 Å². The van der Waals surface area contributed by atoms with Gasteiger partial charge in [0.25, 0.3) is 0 Å². The predicted octanol–water partition coefficient (Wildman–Crippen LogP) is 3.11. The highest BCUT2D eigenvalue weighted by molar-refractivity contribution is 5.90. The van der Waals surface area contributed by atoms with Crippen molar-refractivity contribution in [2.75, 3.05) is 23.3 Å². The monoisotopic (exact) mass is 414 g/mol. The number of anilines is 2. The zero-order valence-electron chi connectivity index (χ0n) is 16.7. The average Bonchev–Trinajstić information content (AvgIpc) is 3.47. The lowest BCUT2D eigenvalue weighted by molar-refractivity contribution is 0.236. The second-order valence-corrected chi connectivity index (χ2v) is 7.50. The number of carbonyl (C=O) groups is 1. The first-order valence-corrected chi connectivity index (χ1v) is 9.82. The van der Waals surface area contributed by atoms with Crippen LogP contribution in [0.5, 0.6) is 0 Å². The van der Waals surface area contributed by atoms with Crippen LogP contribution in [0.2, 0.25) is 0 Å². The fourth-order valence-corrected chi connectivity index (χ4v) is 3.40. The van der Waals surface area contributed by atoms with Gasteiger partial charge in [-0.1, -0.05) is 19.0 Å². The third-order valence-corrected chi connectivity index (χ3v) is 4.90. The SMILES string of the molecule is CC(C)C(NC(=O)Nc1cc(F)cc(N2CCCC2)c1)c1nc(-c2ncn[nH]2)no1. The van der Waals surface area contributed by atoms with Crippen molar-refractivity contribution in [3.05, 3.63) is 36.2 Å². The molecule has 1 aliphatic heterocycles. The van der Waals surface area contributed by atoms with Crippen molar-refractivity contribution in [2.45, 2.75) is 32.7 Å². The molecule has 1 aromatic carbocycles. The Morgan fingerprint density at radius 3 is 2.77 bits per heavy atom. The molecule has 1 atom stereocenters. The Hall–Kier alpha value is -3.50. The molecule has 2 amide bonds. The van der Waals surface area contributed by atoms with E-state index in [1.165, 1.54) is 18.5 Å². The molecule has 30 heavy (non-hydrogen) atoms. The van der Waals surface area contributed by atoms with Gasteiger partial charge in [0.2, 0.25) is 11.7 Å². The van der Waals surface area contributed by atoms with Gasteiger partial charge in [0.1, 0.15) is 18.2 Å². The molecule has 2 aromatic heterocycles. The van der Waals surface area contributed by atoms with Crippen LogP contribution in [0.3, 0.4) is 0 Å². The van der Waals surface area contributed by atoms with Crippen molar-refractivity contribution in [1.82, 2.24) is 30.6 Å². The Bertz CT molecular complexity index is 998. The zero-order valence-corrected chi connectivity index (χ0v) is 16.7. The van der Waals surface area contributed by atoms with E-state index < -0.39 is 17.9 Å². The van der Waals surface area contributed by atoms with E-state index in [4.69, 9.17) is 4.52 Å². The van der Waals surface area contributed by atoms with Gasteiger partial charge in [-0.3, -0.25) is 5.10 Å². The molecule has 158 valence electrons. The highest BCUT2D eigenvalue weighted by Crippen LogP contribution is 2.26. The molecule has 10 nitrogen and oxygen atoms in total. The maximum atomic E-state index is 14.1. The highest BCUT2D eigenvalue weighted by Gasteiger charge is 2.26. The van der Waals surface area contributed by atoms with E-state index in [1.807, 2.05) is 13.8 Å². The minimum absolute atomic E-state index is 0.0357. The van der Waals surface area contributed by atoms with E-state index in [2.05, 4.69) is 40.9 Å². The van der Waals surface area contributed by atoms with Crippen molar-refractivity contribution in [2.24, 2.45) is 5.92 Å². The minimum atomic E-state index is -0.541. The summed E-state index contributed by atoms with van der Waals surface area (Å²) in [6, 6.07) is 3.51. The standard InChI is InChI=1S/C19H23FN8O2/c1-11(2)15(18-25-17(27-30-18)16-21-10-22-26-16)24-19(29)23-13-7-12(20)8-14(9-13)28-5-3-4-6-28/h7-11,15H,3-6H2,1-2H3,(H,21,22,26)(H2,23,24,29). The molecule has 1 unspecified atom stereocenters. The van der Waals surface area contributed by atoms with Gasteiger partial charge in [-0.2, -0.15) is 10.1 Å². The summed E-state index contributed by atoms with van der Waals surface area (Å²) < 4.78 is 19.4. The average molecular weight is 414 g/mol. The van der Waals surface area contributed by atoms with E-state index in [9.17, 15) is 9.18 Å². The van der Waals surface area contributed by atoms with Crippen molar-refractivity contribution < 1.29 is 13.7 Å². The lowest BCUT2D eigenvalue weighted by Gasteiger charge is -2.21. The number of hydrogen-bond acceptors (Lipinski definition) is 7. The molecule has 3 aromatic rings.